The Morgan fingerprint density at radius 3 is 2.03 bits per heavy atom. The van der Waals surface area contributed by atoms with E-state index in [0.717, 1.165) is 5.56 Å². The minimum Gasteiger partial charge on any atom is -0.457 e. The van der Waals surface area contributed by atoms with E-state index in [1.807, 2.05) is 0 Å². The lowest BCUT2D eigenvalue weighted by atomic mass is 9.90. The Kier molecular flexibility index (Phi) is 7.02. The molecule has 1 fully saturated rings. The van der Waals surface area contributed by atoms with E-state index in [1.54, 1.807) is 36.4 Å². The average molecular weight is 458 g/mol. The number of hydrogen-bond donors (Lipinski definition) is 4. The number of aliphatic hydroxyl groups excluding tert-OH is 4. The molecule has 174 valence electrons. The third-order valence-corrected chi connectivity index (χ3v) is 5.67. The molecule has 0 radical (unpaired) electrons. The van der Waals surface area contributed by atoms with Gasteiger partial charge in [-0.3, -0.25) is 0 Å². The molecule has 0 aromatic heterocycles. The Hall–Kier alpha value is -2.88. The first-order valence-corrected chi connectivity index (χ1v) is 10.5. The van der Waals surface area contributed by atoms with Crippen LogP contribution in [0.4, 0.5) is 8.78 Å². The van der Waals surface area contributed by atoms with E-state index in [4.69, 9.17) is 9.47 Å². The van der Waals surface area contributed by atoms with Crippen LogP contribution in [0.25, 0.3) is 0 Å². The zero-order chi connectivity index (χ0) is 23.5. The number of hydrogen-bond acceptors (Lipinski definition) is 6. The standard InChI is InChI=1S/C25H24F2O6/c26-17-5-9-19(10-6-17)32-18-7-1-14(2-8-18)11-15-3-4-16(12-20(15)27)25-24(31)23(30)22(29)21(13-28)33-25/h1-10,12,21-25,28-31H,11,13H2/t21-,22-,23+,24-,25+/m1/s1. The van der Waals surface area contributed by atoms with Gasteiger partial charge in [-0.05, 0) is 59.2 Å². The van der Waals surface area contributed by atoms with Gasteiger partial charge in [0.1, 0.15) is 53.7 Å². The summed E-state index contributed by atoms with van der Waals surface area (Å²) in [4.78, 5) is 0. The van der Waals surface area contributed by atoms with Gasteiger partial charge in [0.2, 0.25) is 0 Å². The molecule has 4 rings (SSSR count). The van der Waals surface area contributed by atoms with Crippen LogP contribution in [-0.4, -0.2) is 51.4 Å². The molecule has 0 bridgehead atoms. The second-order valence-corrected chi connectivity index (χ2v) is 7.98. The molecule has 1 aliphatic rings. The third kappa shape index (κ3) is 5.21. The van der Waals surface area contributed by atoms with Crippen LogP contribution < -0.4 is 4.74 Å². The molecule has 6 nitrogen and oxygen atoms in total. The van der Waals surface area contributed by atoms with Crippen molar-refractivity contribution in [2.24, 2.45) is 0 Å². The van der Waals surface area contributed by atoms with Crippen molar-refractivity contribution in [3.05, 3.63) is 95.1 Å². The van der Waals surface area contributed by atoms with Gasteiger partial charge in [-0.25, -0.2) is 8.78 Å². The average Bonchev–Trinajstić information content (AvgIpc) is 2.82. The maximum absolute atomic E-state index is 14.8. The summed E-state index contributed by atoms with van der Waals surface area (Å²) in [6.45, 7) is -0.553. The zero-order valence-electron chi connectivity index (χ0n) is 17.5. The molecule has 1 heterocycles. The van der Waals surface area contributed by atoms with Crippen LogP contribution in [0.2, 0.25) is 0 Å². The van der Waals surface area contributed by atoms with Gasteiger partial charge in [0.15, 0.2) is 0 Å². The molecule has 1 saturated heterocycles. The number of benzene rings is 3. The van der Waals surface area contributed by atoms with Crippen molar-refractivity contribution in [1.82, 2.24) is 0 Å². The van der Waals surface area contributed by atoms with Gasteiger partial charge in [-0.1, -0.05) is 24.3 Å². The van der Waals surface area contributed by atoms with Crippen molar-refractivity contribution in [3.8, 4) is 11.5 Å². The summed E-state index contributed by atoms with van der Waals surface area (Å²) in [7, 11) is 0. The molecule has 0 amide bonds. The molecular weight excluding hydrogens is 434 g/mol. The lowest BCUT2D eigenvalue weighted by molar-refractivity contribution is -0.231. The molecule has 0 spiro atoms. The van der Waals surface area contributed by atoms with E-state index in [9.17, 15) is 29.2 Å². The SMILES string of the molecule is OC[C@H]1O[C@@H](c2ccc(Cc3ccc(Oc4ccc(F)cc4)cc3)c(F)c2)[C@H](O)[C@@H](O)[C@@H]1O. The fourth-order valence-electron chi connectivity index (χ4n) is 3.79. The van der Waals surface area contributed by atoms with Crippen LogP contribution in [-0.2, 0) is 11.2 Å². The highest BCUT2D eigenvalue weighted by atomic mass is 19.1. The predicted octanol–water partition coefficient (Wildman–Crippen LogP) is 2.86. The van der Waals surface area contributed by atoms with E-state index in [1.165, 1.54) is 30.3 Å². The lowest BCUT2D eigenvalue weighted by Gasteiger charge is -2.40. The molecule has 3 aromatic rings. The normalized spacial score (nSPS) is 25.1. The molecule has 0 saturated carbocycles. The molecule has 8 heteroatoms. The first-order chi connectivity index (χ1) is 15.9. The second kappa shape index (κ2) is 9.94. The largest absolute Gasteiger partial charge is 0.457 e. The van der Waals surface area contributed by atoms with Gasteiger partial charge in [-0.2, -0.15) is 0 Å². The zero-order valence-corrected chi connectivity index (χ0v) is 17.5. The van der Waals surface area contributed by atoms with Crippen molar-refractivity contribution in [3.63, 3.8) is 0 Å². The van der Waals surface area contributed by atoms with E-state index in [0.29, 0.717) is 23.5 Å². The Bertz CT molecular complexity index is 1070. The Labute approximate surface area is 189 Å². The van der Waals surface area contributed by atoms with Crippen molar-refractivity contribution < 1.29 is 38.7 Å². The van der Waals surface area contributed by atoms with Crippen LogP contribution >= 0.6 is 0 Å². The Morgan fingerprint density at radius 1 is 0.788 bits per heavy atom. The van der Waals surface area contributed by atoms with Crippen molar-refractivity contribution >= 4 is 0 Å². The predicted molar refractivity (Wildman–Crippen MR) is 115 cm³/mol. The van der Waals surface area contributed by atoms with E-state index >= 15 is 0 Å². The van der Waals surface area contributed by atoms with Crippen LogP contribution in [0.5, 0.6) is 11.5 Å². The molecule has 0 unspecified atom stereocenters. The minimum absolute atomic E-state index is 0.288. The Morgan fingerprint density at radius 2 is 1.42 bits per heavy atom. The van der Waals surface area contributed by atoms with E-state index < -0.39 is 42.9 Å². The van der Waals surface area contributed by atoms with Gasteiger partial charge in [0.05, 0.1) is 6.61 Å². The van der Waals surface area contributed by atoms with Crippen molar-refractivity contribution in [2.45, 2.75) is 36.9 Å². The smallest absolute Gasteiger partial charge is 0.127 e. The van der Waals surface area contributed by atoms with Crippen molar-refractivity contribution in [1.29, 1.82) is 0 Å². The first kappa shape index (κ1) is 23.3. The summed E-state index contributed by atoms with van der Waals surface area (Å²) in [5.74, 6) is 0.191. The van der Waals surface area contributed by atoms with Gasteiger partial charge in [0, 0.05) is 6.42 Å². The van der Waals surface area contributed by atoms with Crippen molar-refractivity contribution in [2.75, 3.05) is 6.61 Å². The van der Waals surface area contributed by atoms with Crippen LogP contribution in [0.3, 0.4) is 0 Å². The van der Waals surface area contributed by atoms with E-state index in [-0.39, 0.29) is 11.4 Å². The first-order valence-electron chi connectivity index (χ1n) is 10.5. The summed E-state index contributed by atoms with van der Waals surface area (Å²) in [5.41, 5.74) is 1.53. The molecule has 4 N–H and O–H groups in total. The fraction of sp³-hybridized carbons (Fsp3) is 0.280. The Balaban J connectivity index is 1.44. The highest BCUT2D eigenvalue weighted by Crippen LogP contribution is 2.33. The third-order valence-electron chi connectivity index (χ3n) is 5.67. The monoisotopic (exact) mass is 458 g/mol. The van der Waals surface area contributed by atoms with Gasteiger partial charge >= 0.3 is 0 Å². The minimum atomic E-state index is -1.53. The number of aliphatic hydroxyl groups is 4. The van der Waals surface area contributed by atoms with Gasteiger partial charge in [0.25, 0.3) is 0 Å². The fourth-order valence-corrected chi connectivity index (χ4v) is 3.79. The summed E-state index contributed by atoms with van der Waals surface area (Å²) < 4.78 is 39.0. The number of ether oxygens (including phenoxy) is 2. The number of rotatable bonds is 6. The summed E-state index contributed by atoms with van der Waals surface area (Å²) >= 11 is 0. The summed E-state index contributed by atoms with van der Waals surface area (Å²) in [5, 5.41) is 39.4. The molecule has 0 aliphatic carbocycles. The number of halogens is 2. The van der Waals surface area contributed by atoms with Gasteiger partial charge < -0.3 is 29.9 Å². The lowest BCUT2D eigenvalue weighted by Crippen LogP contribution is -2.55. The van der Waals surface area contributed by atoms with Crippen LogP contribution in [0, 0.1) is 11.6 Å². The highest BCUT2D eigenvalue weighted by molar-refractivity contribution is 5.36. The van der Waals surface area contributed by atoms with E-state index in [2.05, 4.69) is 0 Å². The second-order valence-electron chi connectivity index (χ2n) is 7.98. The van der Waals surface area contributed by atoms with Gasteiger partial charge in [-0.15, -0.1) is 0 Å². The quantitative estimate of drug-likeness (QED) is 0.454. The van der Waals surface area contributed by atoms with Crippen LogP contribution in [0.15, 0.2) is 66.7 Å². The van der Waals surface area contributed by atoms with Crippen LogP contribution in [0.1, 0.15) is 22.8 Å². The summed E-state index contributed by atoms with van der Waals surface area (Å²) in [6.07, 6.45) is -6.32. The molecule has 1 aliphatic heterocycles. The topological polar surface area (TPSA) is 99.4 Å². The molecule has 33 heavy (non-hydrogen) atoms. The molecule has 3 aromatic carbocycles. The highest BCUT2D eigenvalue weighted by Gasteiger charge is 2.44. The molecular formula is C25H24F2O6. The summed E-state index contributed by atoms with van der Waals surface area (Å²) in [6, 6.07) is 17.1. The molecule has 5 atom stereocenters. The maximum Gasteiger partial charge on any atom is 0.127 e. The maximum atomic E-state index is 14.8.